The predicted molar refractivity (Wildman–Crippen MR) is 167 cm³/mol. The fourth-order valence-corrected chi connectivity index (χ4v) is 5.69. The third-order valence-electron chi connectivity index (χ3n) is 6.49. The largest absolute Gasteiger partial charge is 0.573 e. The Labute approximate surface area is 256 Å². The molecule has 2 heterocycles. The minimum Gasteiger partial charge on any atom is -0.406 e. The van der Waals surface area contributed by atoms with Gasteiger partial charge in [-0.15, -0.1) is 30.9 Å². The van der Waals surface area contributed by atoms with Gasteiger partial charge in [-0.1, -0.05) is 54.2 Å². The van der Waals surface area contributed by atoms with Crippen LogP contribution in [0.2, 0.25) is 0 Å². The molecule has 1 aliphatic heterocycles. The molecular formula is C30H27F3N6O2S2. The van der Waals surface area contributed by atoms with Gasteiger partial charge in [-0.2, -0.15) is 4.99 Å². The second-order valence-corrected chi connectivity index (χ2v) is 11.1. The van der Waals surface area contributed by atoms with E-state index in [-0.39, 0.29) is 5.75 Å². The van der Waals surface area contributed by atoms with E-state index >= 15 is 0 Å². The summed E-state index contributed by atoms with van der Waals surface area (Å²) in [4.78, 5) is 24.0. The summed E-state index contributed by atoms with van der Waals surface area (Å²) in [5, 5.41) is 7.79. The van der Waals surface area contributed by atoms with Gasteiger partial charge in [0.1, 0.15) is 12.1 Å². The number of benzene rings is 3. The Morgan fingerprint density at radius 2 is 1.77 bits per heavy atom. The fraction of sp³-hybridized carbons (Fsp3) is 0.200. The Morgan fingerprint density at radius 1 is 1.07 bits per heavy atom. The molecule has 0 saturated carbocycles. The summed E-state index contributed by atoms with van der Waals surface area (Å²) >= 11 is 6.10. The van der Waals surface area contributed by atoms with E-state index in [1.807, 2.05) is 30.3 Å². The number of nitrogens with zero attached hydrogens (tertiary/aromatic N) is 5. The Hall–Kier alpha value is -4.23. The van der Waals surface area contributed by atoms with Crippen LogP contribution in [0.5, 0.6) is 5.75 Å². The smallest absolute Gasteiger partial charge is 0.406 e. The van der Waals surface area contributed by atoms with E-state index in [2.05, 4.69) is 68.6 Å². The molecule has 222 valence electrons. The van der Waals surface area contributed by atoms with Crippen LogP contribution in [0.1, 0.15) is 23.1 Å². The zero-order valence-electron chi connectivity index (χ0n) is 23.2. The maximum absolute atomic E-state index is 12.7. The Balaban J connectivity index is 1.23. The number of anilines is 1. The number of nitrogens with one attached hydrogen (secondary N) is 1. The second kappa shape index (κ2) is 13.0. The standard InChI is InChI=1S/C30H27F3N6O2S2/c1-19-5-3-6-20(2)26(19)38-15-4-16-43-29(38)36-28(40)34-17-25(42)21-7-9-22(10-8-21)27-35-18-39(37-27)23-11-13-24(14-12-23)41-30(31,32)33/h3,5-14,17-18,42H,4,15-16H2,1-2H3,(H,34,40)/b25-17-,36-29?. The number of rotatable bonds is 6. The number of alkyl halides is 3. The quantitative estimate of drug-likeness (QED) is 0.218. The molecule has 1 N–H and O–H groups in total. The average Bonchev–Trinajstić information content (AvgIpc) is 3.47. The van der Waals surface area contributed by atoms with Crippen molar-refractivity contribution in [2.24, 2.45) is 4.99 Å². The highest BCUT2D eigenvalue weighted by atomic mass is 32.2. The predicted octanol–water partition coefficient (Wildman–Crippen LogP) is 7.39. The van der Waals surface area contributed by atoms with Gasteiger partial charge >= 0.3 is 12.4 Å². The van der Waals surface area contributed by atoms with Gasteiger partial charge in [-0.05, 0) is 61.2 Å². The molecule has 3 aromatic carbocycles. The van der Waals surface area contributed by atoms with Crippen LogP contribution in [0, 0.1) is 13.8 Å². The Morgan fingerprint density at radius 3 is 2.44 bits per heavy atom. The summed E-state index contributed by atoms with van der Waals surface area (Å²) in [5.74, 6) is 0.997. The van der Waals surface area contributed by atoms with Gasteiger partial charge in [0.15, 0.2) is 11.0 Å². The molecule has 8 nitrogen and oxygen atoms in total. The third-order valence-corrected chi connectivity index (χ3v) is 7.94. The molecule has 0 spiro atoms. The number of carbonyl (C=O) groups is 1. The molecule has 0 atom stereocenters. The van der Waals surface area contributed by atoms with E-state index in [0.29, 0.717) is 21.6 Å². The minimum absolute atomic E-state index is 0.321. The van der Waals surface area contributed by atoms with Gasteiger partial charge < -0.3 is 15.0 Å². The number of hydrogen-bond donors (Lipinski definition) is 2. The van der Waals surface area contributed by atoms with Crippen LogP contribution < -0.4 is 15.0 Å². The minimum atomic E-state index is -4.76. The number of amidine groups is 1. The first-order valence-corrected chi connectivity index (χ1v) is 14.6. The van der Waals surface area contributed by atoms with Gasteiger partial charge in [-0.25, -0.2) is 14.5 Å². The number of halogens is 3. The number of thioether (sulfide) groups is 1. The van der Waals surface area contributed by atoms with Gasteiger partial charge in [0.05, 0.1) is 5.69 Å². The number of para-hydroxylation sites is 1. The fourth-order valence-electron chi connectivity index (χ4n) is 4.53. The molecule has 0 bridgehead atoms. The van der Waals surface area contributed by atoms with Gasteiger partial charge in [0.25, 0.3) is 0 Å². The third kappa shape index (κ3) is 7.59. The summed E-state index contributed by atoms with van der Waals surface area (Å²) in [7, 11) is 0. The van der Waals surface area contributed by atoms with E-state index in [4.69, 9.17) is 0 Å². The SMILES string of the molecule is Cc1cccc(C)c1N1CCCSC1=NC(=O)N/C=C(\S)c1ccc(-c2ncn(-c3ccc(OC(F)(F)F)cc3)n2)cc1. The van der Waals surface area contributed by atoms with Crippen molar-refractivity contribution in [3.8, 4) is 22.8 Å². The normalized spacial score (nSPS) is 15.1. The molecule has 13 heteroatoms. The average molecular weight is 625 g/mol. The summed E-state index contributed by atoms with van der Waals surface area (Å²) < 4.78 is 42.6. The zero-order chi connectivity index (χ0) is 30.6. The Kier molecular flexibility index (Phi) is 9.11. The number of aryl methyl sites for hydroxylation is 2. The van der Waals surface area contributed by atoms with Crippen molar-refractivity contribution in [2.45, 2.75) is 26.6 Å². The monoisotopic (exact) mass is 624 g/mol. The molecule has 43 heavy (non-hydrogen) atoms. The van der Waals surface area contributed by atoms with E-state index in [9.17, 15) is 18.0 Å². The van der Waals surface area contributed by atoms with Crippen molar-refractivity contribution < 1.29 is 22.7 Å². The van der Waals surface area contributed by atoms with E-state index < -0.39 is 12.4 Å². The van der Waals surface area contributed by atoms with Crippen molar-refractivity contribution in [3.05, 3.63) is 95.9 Å². The Bertz CT molecular complexity index is 1650. The van der Waals surface area contributed by atoms with Gasteiger partial charge in [0, 0.05) is 34.7 Å². The van der Waals surface area contributed by atoms with E-state index in [1.54, 1.807) is 11.8 Å². The highest BCUT2D eigenvalue weighted by Crippen LogP contribution is 2.31. The van der Waals surface area contributed by atoms with Crippen LogP contribution in [-0.2, 0) is 0 Å². The molecule has 1 aromatic heterocycles. The van der Waals surface area contributed by atoms with E-state index in [1.165, 1.54) is 41.5 Å². The maximum Gasteiger partial charge on any atom is 0.573 e. The number of carbonyl (C=O) groups excluding carboxylic acids is 1. The summed E-state index contributed by atoms with van der Waals surface area (Å²) in [5.41, 5.74) is 5.34. The lowest BCUT2D eigenvalue weighted by atomic mass is 10.1. The van der Waals surface area contributed by atoms with Crippen molar-refractivity contribution in [2.75, 3.05) is 17.2 Å². The van der Waals surface area contributed by atoms with Crippen LogP contribution in [0.15, 0.2) is 84.2 Å². The highest BCUT2D eigenvalue weighted by molar-refractivity contribution is 8.14. The summed E-state index contributed by atoms with van der Waals surface area (Å²) in [6.45, 7) is 4.91. The summed E-state index contributed by atoms with van der Waals surface area (Å²) in [6.07, 6.45) is -0.788. The van der Waals surface area contributed by atoms with Crippen molar-refractivity contribution in [1.29, 1.82) is 0 Å². The van der Waals surface area contributed by atoms with Crippen LogP contribution in [0.3, 0.4) is 0 Å². The lowest BCUT2D eigenvalue weighted by Crippen LogP contribution is -2.36. The molecule has 1 saturated heterocycles. The highest BCUT2D eigenvalue weighted by Gasteiger charge is 2.31. The lowest BCUT2D eigenvalue weighted by Gasteiger charge is -2.31. The zero-order valence-corrected chi connectivity index (χ0v) is 24.9. The molecule has 0 unspecified atom stereocenters. The first-order valence-electron chi connectivity index (χ1n) is 13.2. The van der Waals surface area contributed by atoms with Crippen LogP contribution in [0.4, 0.5) is 23.7 Å². The molecule has 0 aliphatic carbocycles. The molecule has 1 fully saturated rings. The number of thiol groups is 1. The molecule has 5 rings (SSSR count). The number of hydrogen-bond acceptors (Lipinski definition) is 6. The van der Waals surface area contributed by atoms with E-state index in [0.717, 1.165) is 46.7 Å². The lowest BCUT2D eigenvalue weighted by molar-refractivity contribution is -0.274. The molecule has 4 aromatic rings. The van der Waals surface area contributed by atoms with Gasteiger partial charge in [-0.3, -0.25) is 0 Å². The molecular weight excluding hydrogens is 597 g/mol. The first kappa shape index (κ1) is 30.2. The summed E-state index contributed by atoms with van der Waals surface area (Å²) in [6, 6.07) is 18.2. The number of amides is 2. The number of aliphatic imine (C=N–C) groups is 1. The number of urea groups is 1. The van der Waals surface area contributed by atoms with Crippen molar-refractivity contribution in [3.63, 3.8) is 0 Å². The van der Waals surface area contributed by atoms with Gasteiger partial charge in [0.2, 0.25) is 0 Å². The second-order valence-electron chi connectivity index (χ2n) is 9.60. The number of aromatic nitrogens is 3. The first-order chi connectivity index (χ1) is 20.6. The number of ether oxygens (including phenoxy) is 1. The van der Waals surface area contributed by atoms with Crippen molar-refractivity contribution in [1.82, 2.24) is 20.1 Å². The van der Waals surface area contributed by atoms with Crippen LogP contribution >= 0.6 is 24.4 Å². The molecule has 0 radical (unpaired) electrons. The topological polar surface area (TPSA) is 84.6 Å². The molecule has 2 amide bonds. The maximum atomic E-state index is 12.7. The van der Waals surface area contributed by atoms with Crippen LogP contribution in [-0.4, -0.2) is 44.6 Å². The molecule has 1 aliphatic rings. The van der Waals surface area contributed by atoms with Crippen LogP contribution in [0.25, 0.3) is 22.0 Å². The van der Waals surface area contributed by atoms with Crippen molar-refractivity contribution >= 4 is 46.2 Å².